The van der Waals surface area contributed by atoms with Crippen molar-refractivity contribution in [1.29, 1.82) is 0 Å². The molecule has 0 N–H and O–H groups in total. The van der Waals surface area contributed by atoms with Gasteiger partial charge in [-0.1, -0.05) is 66.7 Å². The first-order valence-corrected chi connectivity index (χ1v) is 10.7. The van der Waals surface area contributed by atoms with E-state index in [0.717, 1.165) is 39.2 Å². The molecule has 7 nitrogen and oxygen atoms in total. The average molecular weight is 441 g/mol. The highest BCUT2D eigenvalue weighted by molar-refractivity contribution is 7.17. The third-order valence-electron chi connectivity index (χ3n) is 5.13. The smallest absolute Gasteiger partial charge is 0.307 e. The van der Waals surface area contributed by atoms with Gasteiger partial charge in [-0.3, -0.25) is 10.1 Å². The van der Waals surface area contributed by atoms with Gasteiger partial charge in [0.25, 0.3) is 0 Å². The number of aromatic nitrogens is 2. The molecule has 5 aromatic rings. The second-order valence-electron chi connectivity index (χ2n) is 7.17. The van der Waals surface area contributed by atoms with Crippen molar-refractivity contribution in [2.75, 3.05) is 0 Å². The highest BCUT2D eigenvalue weighted by atomic mass is 32.1. The third-order valence-corrected chi connectivity index (χ3v) is 6.14. The summed E-state index contributed by atoms with van der Waals surface area (Å²) in [5.74, 6) is 0. The van der Waals surface area contributed by atoms with Crippen molar-refractivity contribution < 1.29 is 9.49 Å². The summed E-state index contributed by atoms with van der Waals surface area (Å²) in [6, 6.07) is 28.2. The first-order chi connectivity index (χ1) is 15.6. The monoisotopic (exact) mass is 440 g/mol. The lowest BCUT2D eigenvalue weighted by molar-refractivity contribution is -0.656. The number of nitrogens with zero attached hydrogens (tertiary/aromatic N) is 5. The molecule has 0 radical (unpaired) electrons. The molecule has 0 fully saturated rings. The van der Waals surface area contributed by atoms with Crippen molar-refractivity contribution in [2.24, 2.45) is 17.3 Å². The van der Waals surface area contributed by atoms with Crippen molar-refractivity contribution in [3.8, 4) is 16.9 Å². The minimum atomic E-state index is -0.416. The number of hydrogen-bond acceptors (Lipinski definition) is 5. The number of azo groups is 1. The minimum absolute atomic E-state index is 0.0245. The fraction of sp³-hybridized carbons (Fsp3) is 0.0417. The summed E-state index contributed by atoms with van der Waals surface area (Å²) in [6.07, 6.45) is 1.45. The Morgan fingerprint density at radius 2 is 1.56 bits per heavy atom. The van der Waals surface area contributed by atoms with Gasteiger partial charge < -0.3 is 4.57 Å². The number of benzene rings is 3. The van der Waals surface area contributed by atoms with E-state index < -0.39 is 4.92 Å². The van der Waals surface area contributed by atoms with Gasteiger partial charge in [-0.15, -0.1) is 0 Å². The lowest BCUT2D eigenvalue weighted by Crippen LogP contribution is -2.23. The molecule has 0 bridgehead atoms. The highest BCUT2D eigenvalue weighted by Crippen LogP contribution is 2.43. The van der Waals surface area contributed by atoms with Crippen LogP contribution in [0.3, 0.4) is 0 Å². The van der Waals surface area contributed by atoms with E-state index in [2.05, 4.69) is 33.0 Å². The SMILES string of the molecule is C[n+]1cc([N+](=O)[O-])sc1N=Nc1c(-c2ccccc2)n(-c2ccccc2)c2ccccc12. The molecule has 3 aromatic carbocycles. The minimum Gasteiger partial charge on any atom is -0.307 e. The lowest BCUT2D eigenvalue weighted by atomic mass is 10.1. The zero-order valence-electron chi connectivity index (χ0n) is 17.1. The van der Waals surface area contributed by atoms with Crippen LogP contribution in [0, 0.1) is 10.1 Å². The Kier molecular flexibility index (Phi) is 5.04. The number of para-hydroxylation sites is 2. The zero-order chi connectivity index (χ0) is 22.1. The van der Waals surface area contributed by atoms with Crippen LogP contribution in [0.1, 0.15) is 0 Å². The van der Waals surface area contributed by atoms with E-state index >= 15 is 0 Å². The van der Waals surface area contributed by atoms with E-state index in [0.29, 0.717) is 10.8 Å². The van der Waals surface area contributed by atoms with Crippen LogP contribution in [0.5, 0.6) is 0 Å². The first-order valence-electron chi connectivity index (χ1n) is 9.93. The van der Waals surface area contributed by atoms with E-state index in [4.69, 9.17) is 0 Å². The third kappa shape index (κ3) is 3.46. The molecular weight excluding hydrogens is 422 g/mol. The van der Waals surface area contributed by atoms with Gasteiger partial charge in [-0.05, 0) is 23.3 Å². The van der Waals surface area contributed by atoms with Gasteiger partial charge in [0.05, 0.1) is 28.3 Å². The highest BCUT2D eigenvalue weighted by Gasteiger charge is 2.24. The van der Waals surface area contributed by atoms with Gasteiger partial charge in [-0.2, -0.15) is 0 Å². The van der Waals surface area contributed by atoms with Crippen molar-refractivity contribution >= 4 is 38.1 Å². The Morgan fingerprint density at radius 1 is 0.906 bits per heavy atom. The van der Waals surface area contributed by atoms with E-state index in [1.807, 2.05) is 66.7 Å². The molecule has 0 aliphatic heterocycles. The molecule has 2 aromatic heterocycles. The molecule has 0 saturated heterocycles. The van der Waals surface area contributed by atoms with Crippen LogP contribution in [0.4, 0.5) is 15.8 Å². The standard InChI is InChI=1S/C24H18N5O2S/c1-27-16-21(29(30)31)32-24(27)26-25-22-19-14-8-9-15-20(19)28(18-12-6-3-7-13-18)23(22)17-10-4-2-5-11-17/h2-16H,1H3/q+1. The van der Waals surface area contributed by atoms with E-state index in [9.17, 15) is 10.1 Å². The van der Waals surface area contributed by atoms with E-state index in [1.165, 1.54) is 6.20 Å². The maximum absolute atomic E-state index is 11.1. The molecule has 0 amide bonds. The molecule has 8 heteroatoms. The van der Waals surface area contributed by atoms with Crippen molar-refractivity contribution in [3.63, 3.8) is 0 Å². The Hall–Kier alpha value is -4.17. The van der Waals surface area contributed by atoms with Crippen molar-refractivity contribution in [2.45, 2.75) is 0 Å². The maximum atomic E-state index is 11.1. The second-order valence-corrected chi connectivity index (χ2v) is 8.16. The second kappa shape index (κ2) is 8.16. The molecule has 32 heavy (non-hydrogen) atoms. The van der Waals surface area contributed by atoms with Crippen LogP contribution in [0.15, 0.2) is 101 Å². The largest absolute Gasteiger partial charge is 0.414 e. The van der Waals surface area contributed by atoms with Gasteiger partial charge >= 0.3 is 10.1 Å². The molecular formula is C24H18N5O2S+. The van der Waals surface area contributed by atoms with Crippen LogP contribution in [0.25, 0.3) is 27.8 Å². The number of fused-ring (bicyclic) bond motifs is 1. The van der Waals surface area contributed by atoms with Gasteiger partial charge in [0.1, 0.15) is 5.69 Å². The summed E-state index contributed by atoms with van der Waals surface area (Å²) in [4.78, 5) is 10.7. The van der Waals surface area contributed by atoms with Crippen molar-refractivity contribution in [1.82, 2.24) is 4.57 Å². The Bertz CT molecular complexity index is 1460. The molecule has 0 spiro atoms. The molecule has 0 aliphatic rings. The van der Waals surface area contributed by atoms with Crippen LogP contribution < -0.4 is 4.57 Å². The predicted molar refractivity (Wildman–Crippen MR) is 125 cm³/mol. The summed E-state index contributed by atoms with van der Waals surface area (Å²) >= 11 is 0.994. The van der Waals surface area contributed by atoms with E-state index in [1.54, 1.807) is 11.6 Å². The number of nitro groups is 1. The molecule has 0 saturated carbocycles. The number of aryl methyl sites for hydroxylation is 1. The van der Waals surface area contributed by atoms with Crippen molar-refractivity contribution in [3.05, 3.63) is 101 Å². The van der Waals surface area contributed by atoms with Crippen LogP contribution >= 0.6 is 11.3 Å². The van der Waals surface area contributed by atoms with Crippen LogP contribution in [-0.4, -0.2) is 9.49 Å². The fourth-order valence-corrected chi connectivity index (χ4v) is 4.46. The summed E-state index contributed by atoms with van der Waals surface area (Å²) in [6.45, 7) is 0. The summed E-state index contributed by atoms with van der Waals surface area (Å²) in [7, 11) is 1.73. The van der Waals surface area contributed by atoms with Crippen LogP contribution in [-0.2, 0) is 7.05 Å². The van der Waals surface area contributed by atoms with Crippen LogP contribution in [0.2, 0.25) is 0 Å². The average Bonchev–Trinajstić information content (AvgIpc) is 3.36. The van der Waals surface area contributed by atoms with Gasteiger partial charge in [0, 0.05) is 28.0 Å². The molecule has 0 aliphatic carbocycles. The van der Waals surface area contributed by atoms with Gasteiger partial charge in [-0.25, -0.2) is 4.57 Å². The summed E-state index contributed by atoms with van der Waals surface area (Å²) in [5, 5.41) is 21.6. The Balaban J connectivity index is 1.78. The Labute approximate surface area is 187 Å². The zero-order valence-corrected chi connectivity index (χ0v) is 17.9. The predicted octanol–water partition coefficient (Wildman–Crippen LogP) is 6.51. The number of hydrogen-bond donors (Lipinski definition) is 0. The normalized spacial score (nSPS) is 11.4. The lowest BCUT2D eigenvalue weighted by Gasteiger charge is -2.11. The molecule has 5 rings (SSSR count). The number of rotatable bonds is 5. The maximum Gasteiger partial charge on any atom is 0.414 e. The fourth-order valence-electron chi connectivity index (χ4n) is 3.71. The molecule has 0 atom stereocenters. The first kappa shape index (κ1) is 19.8. The molecule has 0 unspecified atom stereocenters. The number of thiazole rings is 1. The molecule has 156 valence electrons. The van der Waals surface area contributed by atoms with Gasteiger partial charge in [0.15, 0.2) is 6.20 Å². The quantitative estimate of drug-likeness (QED) is 0.135. The Morgan fingerprint density at radius 3 is 2.25 bits per heavy atom. The summed E-state index contributed by atoms with van der Waals surface area (Å²) < 4.78 is 3.79. The molecule has 2 heterocycles. The topological polar surface area (TPSA) is 76.7 Å². The van der Waals surface area contributed by atoms with Gasteiger partial charge in [0.2, 0.25) is 0 Å². The van der Waals surface area contributed by atoms with E-state index in [-0.39, 0.29) is 5.00 Å². The summed E-state index contributed by atoms with van der Waals surface area (Å²) in [5.41, 5.74) is 4.65.